The molecular weight excluding hydrogens is 256 g/mol. The Morgan fingerprint density at radius 3 is 1.86 bits per heavy atom. The number of hydrogen-bond donors (Lipinski definition) is 0. The van der Waals surface area contributed by atoms with Gasteiger partial charge in [0.05, 0.1) is 6.61 Å². The third-order valence-electron chi connectivity index (χ3n) is 3.92. The summed E-state index contributed by atoms with van der Waals surface area (Å²) in [5, 5.41) is 0. The molecule has 1 rings (SSSR count). The van der Waals surface area contributed by atoms with Crippen LogP contribution in [0.2, 0.25) is 0 Å². The maximum atomic E-state index is 5.70. The maximum Gasteiger partial charge on any atom is 0.0506 e. The first kappa shape index (κ1) is 18.2. The van der Waals surface area contributed by atoms with Gasteiger partial charge < -0.3 is 4.74 Å². The number of hydrogen-bond acceptors (Lipinski definition) is 1. The largest absolute Gasteiger partial charge is 0.381 e. The van der Waals surface area contributed by atoms with Gasteiger partial charge in [0, 0.05) is 6.61 Å². The Kier molecular flexibility index (Phi) is 12.3. The van der Waals surface area contributed by atoms with Crippen LogP contribution in [-0.4, -0.2) is 13.2 Å². The molecule has 1 radical (unpaired) electrons. The Hall–Kier alpha value is -0.820. The average molecular weight is 289 g/mol. The Balaban J connectivity index is 1.75. The van der Waals surface area contributed by atoms with Crippen molar-refractivity contribution in [2.24, 2.45) is 0 Å². The molecule has 119 valence electrons. The molecule has 21 heavy (non-hydrogen) atoms. The Bertz CT molecular complexity index is 307. The third-order valence-corrected chi connectivity index (χ3v) is 3.92. The predicted octanol–water partition coefficient (Wildman–Crippen LogP) is 5.98. The first-order valence-corrected chi connectivity index (χ1v) is 8.84. The van der Waals surface area contributed by atoms with Crippen molar-refractivity contribution in [2.75, 3.05) is 13.2 Å². The second-order valence-electron chi connectivity index (χ2n) is 5.88. The number of rotatable bonds is 14. The van der Waals surface area contributed by atoms with Crippen LogP contribution < -0.4 is 0 Å². The normalized spacial score (nSPS) is 10.9. The summed E-state index contributed by atoms with van der Waals surface area (Å²) in [7, 11) is 0. The van der Waals surface area contributed by atoms with Crippen molar-refractivity contribution in [1.29, 1.82) is 0 Å². The zero-order valence-electron chi connectivity index (χ0n) is 13.7. The fourth-order valence-electron chi connectivity index (χ4n) is 2.56. The molecule has 0 saturated heterocycles. The van der Waals surface area contributed by atoms with E-state index < -0.39 is 0 Å². The molecule has 0 heterocycles. The molecule has 0 aromatic heterocycles. The second-order valence-corrected chi connectivity index (χ2v) is 5.88. The van der Waals surface area contributed by atoms with Crippen molar-refractivity contribution in [3.05, 3.63) is 42.8 Å². The van der Waals surface area contributed by atoms with Gasteiger partial charge in [0.2, 0.25) is 0 Å². The summed E-state index contributed by atoms with van der Waals surface area (Å²) in [5.41, 5.74) is 1.37. The van der Waals surface area contributed by atoms with E-state index in [9.17, 15) is 0 Å². The van der Waals surface area contributed by atoms with E-state index in [1.54, 1.807) is 0 Å². The summed E-state index contributed by atoms with van der Waals surface area (Å²) in [4.78, 5) is 0. The minimum Gasteiger partial charge on any atom is -0.381 e. The summed E-state index contributed by atoms with van der Waals surface area (Å²) >= 11 is 0. The molecule has 1 heteroatoms. The molecule has 0 N–H and O–H groups in total. The van der Waals surface area contributed by atoms with Gasteiger partial charge in [-0.2, -0.15) is 0 Å². The van der Waals surface area contributed by atoms with E-state index in [0.717, 1.165) is 26.1 Å². The van der Waals surface area contributed by atoms with E-state index in [1.165, 1.54) is 63.4 Å². The zero-order chi connectivity index (χ0) is 15.0. The van der Waals surface area contributed by atoms with Crippen molar-refractivity contribution >= 4 is 0 Å². The van der Waals surface area contributed by atoms with E-state index in [0.29, 0.717) is 0 Å². The van der Waals surface area contributed by atoms with Gasteiger partial charge >= 0.3 is 0 Å². The molecule has 0 saturated carbocycles. The van der Waals surface area contributed by atoms with Crippen LogP contribution in [0.25, 0.3) is 0 Å². The third kappa shape index (κ3) is 11.5. The molecule has 0 bridgehead atoms. The van der Waals surface area contributed by atoms with Crippen LogP contribution in [0.15, 0.2) is 30.3 Å². The summed E-state index contributed by atoms with van der Waals surface area (Å²) in [6.07, 6.45) is 14.3. The summed E-state index contributed by atoms with van der Waals surface area (Å²) in [6.45, 7) is 5.66. The second kappa shape index (κ2) is 14.1. The predicted molar refractivity (Wildman–Crippen MR) is 92.5 cm³/mol. The van der Waals surface area contributed by atoms with Gasteiger partial charge in [0.25, 0.3) is 0 Å². The van der Waals surface area contributed by atoms with Crippen LogP contribution in [0.5, 0.6) is 0 Å². The first-order chi connectivity index (χ1) is 10.4. The minimum absolute atomic E-state index is 0.857. The molecule has 0 aliphatic rings. The summed E-state index contributed by atoms with van der Waals surface area (Å²) in [6, 6.07) is 10.6. The van der Waals surface area contributed by atoms with Gasteiger partial charge in [-0.15, -0.1) is 0 Å². The van der Waals surface area contributed by atoms with Crippen molar-refractivity contribution in [1.82, 2.24) is 0 Å². The average Bonchev–Trinajstić information content (AvgIpc) is 2.53. The SMILES string of the molecule is [CH2]CCCCCCCCCCCOCCc1ccccc1. The fraction of sp³-hybridized carbons (Fsp3) is 0.650. The topological polar surface area (TPSA) is 9.23 Å². The lowest BCUT2D eigenvalue weighted by atomic mass is 10.1. The highest BCUT2D eigenvalue weighted by atomic mass is 16.5. The lowest BCUT2D eigenvalue weighted by Gasteiger charge is -2.05. The van der Waals surface area contributed by atoms with Crippen LogP contribution in [0, 0.1) is 6.92 Å². The minimum atomic E-state index is 0.857. The highest BCUT2D eigenvalue weighted by Crippen LogP contribution is 2.10. The maximum absolute atomic E-state index is 5.70. The van der Waals surface area contributed by atoms with Crippen LogP contribution in [-0.2, 0) is 11.2 Å². The molecule has 1 aromatic rings. The Morgan fingerprint density at radius 1 is 0.667 bits per heavy atom. The molecule has 1 nitrogen and oxygen atoms in total. The highest BCUT2D eigenvalue weighted by Gasteiger charge is 1.94. The van der Waals surface area contributed by atoms with Gasteiger partial charge in [0.15, 0.2) is 0 Å². The van der Waals surface area contributed by atoms with Crippen LogP contribution in [0.4, 0.5) is 0 Å². The van der Waals surface area contributed by atoms with Crippen molar-refractivity contribution < 1.29 is 4.74 Å². The van der Waals surface area contributed by atoms with Crippen LogP contribution in [0.1, 0.15) is 69.8 Å². The molecule has 0 unspecified atom stereocenters. The molecular formula is C20H33O. The Morgan fingerprint density at radius 2 is 1.24 bits per heavy atom. The monoisotopic (exact) mass is 289 g/mol. The molecule has 0 spiro atoms. The number of ether oxygens (including phenoxy) is 1. The van der Waals surface area contributed by atoms with E-state index in [1.807, 2.05) is 0 Å². The van der Waals surface area contributed by atoms with Crippen molar-refractivity contribution in [3.63, 3.8) is 0 Å². The highest BCUT2D eigenvalue weighted by molar-refractivity contribution is 5.14. The van der Waals surface area contributed by atoms with Gasteiger partial charge in [-0.05, 0) is 18.4 Å². The molecule has 1 aromatic carbocycles. The van der Waals surface area contributed by atoms with Gasteiger partial charge in [-0.1, -0.05) is 95.0 Å². The smallest absolute Gasteiger partial charge is 0.0506 e. The van der Waals surface area contributed by atoms with Crippen molar-refractivity contribution in [3.8, 4) is 0 Å². The quantitative estimate of drug-likeness (QED) is 0.383. The first-order valence-electron chi connectivity index (χ1n) is 8.84. The van der Waals surface area contributed by atoms with Gasteiger partial charge in [-0.25, -0.2) is 0 Å². The lowest BCUT2D eigenvalue weighted by molar-refractivity contribution is 0.133. The van der Waals surface area contributed by atoms with Crippen molar-refractivity contribution in [2.45, 2.75) is 70.6 Å². The van der Waals surface area contributed by atoms with E-state index in [2.05, 4.69) is 37.3 Å². The van der Waals surface area contributed by atoms with Gasteiger partial charge in [-0.3, -0.25) is 0 Å². The van der Waals surface area contributed by atoms with E-state index in [-0.39, 0.29) is 0 Å². The summed E-state index contributed by atoms with van der Waals surface area (Å²) < 4.78 is 5.70. The van der Waals surface area contributed by atoms with E-state index in [4.69, 9.17) is 4.74 Å². The zero-order valence-corrected chi connectivity index (χ0v) is 13.7. The molecule has 0 amide bonds. The Labute approximate surface area is 132 Å². The van der Waals surface area contributed by atoms with Gasteiger partial charge in [0.1, 0.15) is 0 Å². The molecule has 0 aliphatic carbocycles. The standard InChI is InChI=1S/C20H33O/c1-2-3-4-5-6-7-8-9-10-14-18-21-19-17-20-15-12-11-13-16-20/h11-13,15-16H,1-10,14,17-19H2. The van der Waals surface area contributed by atoms with Crippen LogP contribution >= 0.6 is 0 Å². The van der Waals surface area contributed by atoms with Crippen LogP contribution in [0.3, 0.4) is 0 Å². The molecule has 0 aliphatic heterocycles. The van der Waals surface area contributed by atoms with E-state index >= 15 is 0 Å². The summed E-state index contributed by atoms with van der Waals surface area (Å²) in [5.74, 6) is 0. The lowest BCUT2D eigenvalue weighted by Crippen LogP contribution is -2.00. The number of unbranched alkanes of at least 4 members (excludes halogenated alkanes) is 9. The number of benzene rings is 1. The molecule has 0 atom stereocenters. The molecule has 0 fully saturated rings. The fourth-order valence-corrected chi connectivity index (χ4v) is 2.56.